The topological polar surface area (TPSA) is 57.2 Å². The number of hydrogen-bond acceptors (Lipinski definition) is 5. The van der Waals surface area contributed by atoms with E-state index in [4.69, 9.17) is 18.9 Å². The van der Waals surface area contributed by atoms with E-state index in [0.29, 0.717) is 17.8 Å². The van der Waals surface area contributed by atoms with Crippen molar-refractivity contribution in [2.75, 3.05) is 21.3 Å². The largest absolute Gasteiger partial charge is 0.393 e. The Bertz CT molecular complexity index is 957. The molecular weight excluding hydrogens is 476 g/mol. The van der Waals surface area contributed by atoms with Gasteiger partial charge >= 0.3 is 0 Å². The highest BCUT2D eigenvalue weighted by Crippen LogP contribution is 2.74. The van der Waals surface area contributed by atoms with Gasteiger partial charge < -0.3 is 24.1 Å². The maximum absolute atomic E-state index is 11.1. The average molecular weight is 533 g/mol. The average Bonchev–Trinajstić information content (AvgIpc) is 3.37. The fourth-order valence-electron chi connectivity index (χ4n) is 11.1. The quantitative estimate of drug-likeness (QED) is 0.406. The number of aliphatic hydroxyl groups excluding tert-OH is 1. The van der Waals surface area contributed by atoms with Crippen LogP contribution in [0.1, 0.15) is 100 Å². The Balaban J connectivity index is 1.57. The zero-order chi connectivity index (χ0) is 28.1. The van der Waals surface area contributed by atoms with Crippen molar-refractivity contribution in [2.24, 2.45) is 39.4 Å². The molecule has 4 fully saturated rings. The van der Waals surface area contributed by atoms with Crippen LogP contribution in [0.3, 0.4) is 0 Å². The van der Waals surface area contributed by atoms with Gasteiger partial charge in [-0.1, -0.05) is 46.3 Å². The number of aliphatic hydroxyl groups is 1. The summed E-state index contributed by atoms with van der Waals surface area (Å²) < 4.78 is 25.6. The van der Waals surface area contributed by atoms with E-state index in [2.05, 4.69) is 61.5 Å². The SMILES string of the molecule is COC1C[C@@]2(C)C3CC(OC)[C@@H]4C(C)(CCC(O)C4(C)C)C3=CCC2(C)C1[C@@]1(C)CCC(C(C)(C)OC)O1. The van der Waals surface area contributed by atoms with Gasteiger partial charge in [-0.05, 0) is 93.3 Å². The van der Waals surface area contributed by atoms with Gasteiger partial charge in [0, 0.05) is 33.2 Å². The van der Waals surface area contributed by atoms with Crippen molar-refractivity contribution in [3.63, 3.8) is 0 Å². The molecule has 3 saturated carbocycles. The van der Waals surface area contributed by atoms with Crippen LogP contribution < -0.4 is 0 Å². The summed E-state index contributed by atoms with van der Waals surface area (Å²) in [5.41, 5.74) is 1.07. The summed E-state index contributed by atoms with van der Waals surface area (Å²) in [5, 5.41) is 11.1. The van der Waals surface area contributed by atoms with Crippen LogP contribution in [0.5, 0.6) is 0 Å². The molecular formula is C33H56O5. The van der Waals surface area contributed by atoms with Gasteiger partial charge in [-0.2, -0.15) is 0 Å². The first-order valence-electron chi connectivity index (χ1n) is 15.2. The molecule has 8 unspecified atom stereocenters. The Morgan fingerprint density at radius 3 is 2.16 bits per heavy atom. The van der Waals surface area contributed by atoms with Crippen molar-refractivity contribution < 1.29 is 24.1 Å². The number of methoxy groups -OCH3 is 3. The highest BCUT2D eigenvalue weighted by atomic mass is 16.6. The molecule has 1 N–H and O–H groups in total. The Morgan fingerprint density at radius 1 is 0.895 bits per heavy atom. The fraction of sp³-hybridized carbons (Fsp3) is 0.939. The van der Waals surface area contributed by atoms with Crippen molar-refractivity contribution in [1.82, 2.24) is 0 Å². The Kier molecular flexibility index (Phi) is 6.89. The maximum atomic E-state index is 11.1. The molecule has 0 aromatic carbocycles. The molecule has 218 valence electrons. The Hall–Kier alpha value is -0.460. The second-order valence-corrected chi connectivity index (χ2v) is 15.8. The van der Waals surface area contributed by atoms with Crippen LogP contribution in [0.15, 0.2) is 11.6 Å². The summed E-state index contributed by atoms with van der Waals surface area (Å²) in [6.07, 6.45) is 9.81. The second-order valence-electron chi connectivity index (χ2n) is 15.8. The van der Waals surface area contributed by atoms with Crippen LogP contribution >= 0.6 is 0 Å². The smallest absolute Gasteiger partial charge is 0.0883 e. The maximum Gasteiger partial charge on any atom is 0.0883 e. The first kappa shape index (κ1) is 29.0. The third kappa shape index (κ3) is 3.67. The molecule has 1 aliphatic heterocycles. The number of rotatable bonds is 5. The summed E-state index contributed by atoms with van der Waals surface area (Å²) in [6.45, 7) is 18.8. The van der Waals surface area contributed by atoms with Crippen molar-refractivity contribution in [2.45, 2.75) is 136 Å². The lowest BCUT2D eigenvalue weighted by molar-refractivity contribution is -0.191. The molecule has 4 aliphatic carbocycles. The summed E-state index contributed by atoms with van der Waals surface area (Å²) in [4.78, 5) is 0. The van der Waals surface area contributed by atoms with E-state index >= 15 is 0 Å². The molecule has 1 saturated heterocycles. The molecule has 5 rings (SSSR count). The molecule has 5 aliphatic rings. The van der Waals surface area contributed by atoms with Crippen LogP contribution in [0.4, 0.5) is 0 Å². The van der Waals surface area contributed by atoms with E-state index in [1.807, 2.05) is 14.2 Å². The normalized spacial score (nSPS) is 52.2. The predicted octanol–water partition coefficient (Wildman–Crippen LogP) is 6.57. The fourth-order valence-corrected chi connectivity index (χ4v) is 11.1. The van der Waals surface area contributed by atoms with Crippen molar-refractivity contribution >= 4 is 0 Å². The lowest BCUT2D eigenvalue weighted by Gasteiger charge is -2.65. The molecule has 38 heavy (non-hydrogen) atoms. The molecule has 1 heterocycles. The number of ether oxygens (including phenoxy) is 4. The standard InChI is InChI=1S/C33H56O5/c1-28(2)24(34)13-15-30(5)20-12-16-31(6)27(33(8)17-14-25(38-33)29(3,4)37-11)23(36-10)19-32(31,7)21(20)18-22(35-9)26(28)30/h12,21-27,34H,13-19H2,1-11H3/t21?,22?,23?,24?,25?,26-,27?,30?,31?,32-,33+/m0/s1. The number of allylic oxidation sites excluding steroid dienone is 2. The summed E-state index contributed by atoms with van der Waals surface area (Å²) >= 11 is 0. The van der Waals surface area contributed by atoms with Gasteiger partial charge in [0.25, 0.3) is 0 Å². The molecule has 11 atom stereocenters. The minimum absolute atomic E-state index is 0.0403. The zero-order valence-corrected chi connectivity index (χ0v) is 26.1. The number of fused-ring (bicyclic) bond motifs is 5. The molecule has 5 heteroatoms. The lowest BCUT2D eigenvalue weighted by Crippen LogP contribution is -2.62. The van der Waals surface area contributed by atoms with Crippen molar-refractivity contribution in [3.05, 3.63) is 11.6 Å². The van der Waals surface area contributed by atoms with E-state index in [0.717, 1.165) is 44.9 Å². The van der Waals surface area contributed by atoms with E-state index in [1.165, 1.54) is 0 Å². The molecule has 0 amide bonds. The monoisotopic (exact) mass is 532 g/mol. The third-order valence-corrected chi connectivity index (χ3v) is 13.5. The predicted molar refractivity (Wildman–Crippen MR) is 151 cm³/mol. The second kappa shape index (κ2) is 9.02. The van der Waals surface area contributed by atoms with Gasteiger partial charge in [0.15, 0.2) is 0 Å². The van der Waals surface area contributed by atoms with Gasteiger partial charge in [0.1, 0.15) is 0 Å². The molecule has 0 radical (unpaired) electrons. The molecule has 5 nitrogen and oxygen atoms in total. The van der Waals surface area contributed by atoms with Gasteiger partial charge in [-0.15, -0.1) is 0 Å². The van der Waals surface area contributed by atoms with Crippen LogP contribution in [0.25, 0.3) is 0 Å². The van der Waals surface area contributed by atoms with E-state index in [-0.39, 0.29) is 57.3 Å². The zero-order valence-electron chi connectivity index (χ0n) is 26.1. The first-order valence-corrected chi connectivity index (χ1v) is 15.2. The summed E-state index contributed by atoms with van der Waals surface area (Å²) in [5.74, 6) is 1.05. The van der Waals surface area contributed by atoms with Crippen LogP contribution in [0, 0.1) is 39.4 Å². The van der Waals surface area contributed by atoms with Gasteiger partial charge in [-0.3, -0.25) is 0 Å². The van der Waals surface area contributed by atoms with Crippen molar-refractivity contribution in [1.29, 1.82) is 0 Å². The van der Waals surface area contributed by atoms with E-state index in [9.17, 15) is 5.11 Å². The third-order valence-electron chi connectivity index (χ3n) is 13.5. The van der Waals surface area contributed by atoms with E-state index in [1.54, 1.807) is 12.7 Å². The van der Waals surface area contributed by atoms with Crippen LogP contribution in [-0.2, 0) is 18.9 Å². The number of hydrogen-bond donors (Lipinski definition) is 1. The molecule has 0 spiro atoms. The Morgan fingerprint density at radius 2 is 1.55 bits per heavy atom. The summed E-state index contributed by atoms with van der Waals surface area (Å²) in [6, 6.07) is 0. The van der Waals surface area contributed by atoms with Gasteiger partial charge in [-0.25, -0.2) is 0 Å². The Labute approximate surface area is 232 Å². The molecule has 0 aromatic heterocycles. The van der Waals surface area contributed by atoms with Crippen LogP contribution in [0.2, 0.25) is 0 Å². The summed E-state index contributed by atoms with van der Waals surface area (Å²) in [7, 11) is 5.60. The molecule has 0 aromatic rings. The van der Waals surface area contributed by atoms with Crippen molar-refractivity contribution in [3.8, 4) is 0 Å². The first-order chi connectivity index (χ1) is 17.6. The van der Waals surface area contributed by atoms with Gasteiger partial charge in [0.05, 0.1) is 35.6 Å². The molecule has 0 bridgehead atoms. The minimum Gasteiger partial charge on any atom is -0.393 e. The highest BCUT2D eigenvalue weighted by Gasteiger charge is 2.72. The lowest BCUT2D eigenvalue weighted by atomic mass is 9.40. The minimum atomic E-state index is -0.306. The highest BCUT2D eigenvalue weighted by molar-refractivity contribution is 5.35. The van der Waals surface area contributed by atoms with Gasteiger partial charge in [0.2, 0.25) is 0 Å². The van der Waals surface area contributed by atoms with Crippen LogP contribution in [-0.4, -0.2) is 62.1 Å². The van der Waals surface area contributed by atoms with E-state index < -0.39 is 0 Å².